The van der Waals surface area contributed by atoms with Crippen LogP contribution in [0.4, 0.5) is 0 Å². The molecule has 0 saturated heterocycles. The Kier molecular flexibility index (Phi) is 6.92. The van der Waals surface area contributed by atoms with Crippen molar-refractivity contribution in [3.63, 3.8) is 0 Å². The van der Waals surface area contributed by atoms with Crippen LogP contribution in [0.15, 0.2) is 0 Å². The van der Waals surface area contributed by atoms with E-state index >= 15 is 0 Å². The summed E-state index contributed by atoms with van der Waals surface area (Å²) >= 11 is 0. The van der Waals surface area contributed by atoms with Gasteiger partial charge in [-0.05, 0) is 54.0 Å². The molecule has 0 rings (SSSR count). The third-order valence-electron chi connectivity index (χ3n) is 1.45. The summed E-state index contributed by atoms with van der Waals surface area (Å²) in [5, 5.41) is 0. The second kappa shape index (κ2) is 7.07. The van der Waals surface area contributed by atoms with Crippen molar-refractivity contribution >= 4 is 8.80 Å². The largest absolute Gasteiger partial charge is 0.592 e. The maximum absolute atomic E-state index is 5.82. The molecule has 0 heterocycles. The second-order valence-electron chi connectivity index (χ2n) is 4.43. The lowest BCUT2D eigenvalue weighted by molar-refractivity contribution is 0.0163. The van der Waals surface area contributed by atoms with Gasteiger partial charge in [-0.1, -0.05) is 0 Å². The van der Waals surface area contributed by atoms with Crippen molar-refractivity contribution in [2.75, 3.05) is 0 Å². The smallest absolute Gasteiger partial charge is 0.361 e. The van der Waals surface area contributed by atoms with Gasteiger partial charge in [-0.2, -0.15) is 0 Å². The zero-order chi connectivity index (χ0) is 12.8. The third kappa shape index (κ3) is 6.29. The number of hydrogen-bond donors (Lipinski definition) is 0. The van der Waals surface area contributed by atoms with Crippen molar-refractivity contribution in [2.24, 2.45) is 0 Å². The van der Waals surface area contributed by atoms with Crippen molar-refractivity contribution < 1.29 is 13.3 Å². The van der Waals surface area contributed by atoms with Gasteiger partial charge in [0.15, 0.2) is 0 Å². The lowest BCUT2D eigenvalue weighted by atomic mass is 10.5. The van der Waals surface area contributed by atoms with Gasteiger partial charge in [0, 0.05) is 18.3 Å². The summed E-state index contributed by atoms with van der Waals surface area (Å²) in [6.07, 6.45) is 0.139. The SMILES string of the molecule is CC#C[Si](OC(C)C)(OC(C)C)OC(C)C. The molecule has 16 heavy (non-hydrogen) atoms. The van der Waals surface area contributed by atoms with Gasteiger partial charge < -0.3 is 13.3 Å². The van der Waals surface area contributed by atoms with Crippen molar-refractivity contribution in [2.45, 2.75) is 66.8 Å². The number of hydrogen-bond acceptors (Lipinski definition) is 3. The average molecular weight is 244 g/mol. The Balaban J connectivity index is 4.93. The molecule has 0 aliphatic carbocycles. The maximum Gasteiger partial charge on any atom is 0.592 e. The van der Waals surface area contributed by atoms with Crippen LogP contribution in [0, 0.1) is 11.5 Å². The minimum Gasteiger partial charge on any atom is -0.361 e. The van der Waals surface area contributed by atoms with E-state index < -0.39 is 8.80 Å². The van der Waals surface area contributed by atoms with E-state index in [0.717, 1.165) is 0 Å². The van der Waals surface area contributed by atoms with Gasteiger partial charge in [-0.25, -0.2) is 0 Å². The molecule has 0 aliphatic heterocycles. The summed E-state index contributed by atoms with van der Waals surface area (Å²) in [5.74, 6) is 2.86. The molecule has 0 atom stereocenters. The first-order valence-electron chi connectivity index (χ1n) is 5.78. The molecule has 3 nitrogen and oxygen atoms in total. The molecule has 0 aromatic rings. The van der Waals surface area contributed by atoms with E-state index in [1.165, 1.54) is 0 Å². The summed E-state index contributed by atoms with van der Waals surface area (Å²) in [7, 11) is -2.85. The van der Waals surface area contributed by atoms with E-state index in [2.05, 4.69) is 11.5 Å². The first-order chi connectivity index (χ1) is 7.31. The second-order valence-corrected chi connectivity index (χ2v) is 6.50. The predicted molar refractivity (Wildman–Crippen MR) is 67.9 cm³/mol. The molecule has 0 aromatic heterocycles. The van der Waals surface area contributed by atoms with Crippen LogP contribution >= 0.6 is 0 Å². The molecule has 0 aliphatic rings. The zero-order valence-corrected chi connectivity index (χ0v) is 12.5. The van der Waals surface area contributed by atoms with Crippen molar-refractivity contribution in [1.82, 2.24) is 0 Å². The van der Waals surface area contributed by atoms with Gasteiger partial charge >= 0.3 is 8.80 Å². The van der Waals surface area contributed by atoms with E-state index in [4.69, 9.17) is 13.3 Å². The molecule has 0 saturated carbocycles. The van der Waals surface area contributed by atoms with Crippen molar-refractivity contribution in [3.8, 4) is 11.5 Å². The summed E-state index contributed by atoms with van der Waals surface area (Å²) < 4.78 is 17.5. The average Bonchev–Trinajstić information content (AvgIpc) is 1.98. The van der Waals surface area contributed by atoms with Crippen LogP contribution in [-0.2, 0) is 13.3 Å². The van der Waals surface area contributed by atoms with E-state index in [1.54, 1.807) is 6.92 Å². The monoisotopic (exact) mass is 244 g/mol. The Hall–Kier alpha value is -0.343. The molecule has 0 radical (unpaired) electrons. The molecule has 0 aromatic carbocycles. The van der Waals surface area contributed by atoms with Gasteiger partial charge in [0.05, 0.1) is 0 Å². The fourth-order valence-corrected chi connectivity index (χ4v) is 3.77. The molecule has 0 amide bonds. The van der Waals surface area contributed by atoms with Gasteiger partial charge in [0.25, 0.3) is 0 Å². The summed E-state index contributed by atoms with van der Waals surface area (Å²) in [5.41, 5.74) is 3.01. The minimum atomic E-state index is -2.85. The van der Waals surface area contributed by atoms with E-state index in [1.807, 2.05) is 41.5 Å². The van der Waals surface area contributed by atoms with Crippen LogP contribution < -0.4 is 0 Å². The fraction of sp³-hybridized carbons (Fsp3) is 0.833. The lowest BCUT2D eigenvalue weighted by Crippen LogP contribution is -2.50. The molecule has 0 bridgehead atoms. The third-order valence-corrected chi connectivity index (χ3v) is 4.35. The quantitative estimate of drug-likeness (QED) is 0.531. The summed E-state index contributed by atoms with van der Waals surface area (Å²) in [4.78, 5) is 0. The Morgan fingerprint density at radius 3 is 1.25 bits per heavy atom. The first-order valence-corrected chi connectivity index (χ1v) is 7.51. The van der Waals surface area contributed by atoms with Crippen LogP contribution in [0.2, 0.25) is 0 Å². The molecule has 0 unspecified atom stereocenters. The van der Waals surface area contributed by atoms with Crippen LogP contribution in [-0.4, -0.2) is 27.1 Å². The summed E-state index contributed by atoms with van der Waals surface area (Å²) in [6, 6.07) is 0. The standard InChI is InChI=1S/C12H24O3Si/c1-8-9-16(13-10(2)3,14-11(4)5)15-12(6)7/h10-12H,1-7H3. The Bertz CT molecular complexity index is 224. The fourth-order valence-electron chi connectivity index (χ4n) is 1.26. The van der Waals surface area contributed by atoms with Crippen molar-refractivity contribution in [3.05, 3.63) is 0 Å². The zero-order valence-electron chi connectivity index (χ0n) is 11.5. The lowest BCUT2D eigenvalue weighted by Gasteiger charge is -2.29. The molecule has 0 fully saturated rings. The molecular formula is C12H24O3Si. The van der Waals surface area contributed by atoms with Gasteiger partial charge in [0.1, 0.15) is 0 Å². The molecule has 0 N–H and O–H groups in total. The highest BCUT2D eigenvalue weighted by Crippen LogP contribution is 2.16. The van der Waals surface area contributed by atoms with Gasteiger partial charge in [-0.15, -0.1) is 5.92 Å². The normalized spacial score (nSPS) is 12.1. The van der Waals surface area contributed by atoms with Crippen LogP contribution in [0.25, 0.3) is 0 Å². The maximum atomic E-state index is 5.82. The highest BCUT2D eigenvalue weighted by Gasteiger charge is 2.43. The molecular weight excluding hydrogens is 220 g/mol. The Morgan fingerprint density at radius 1 is 0.750 bits per heavy atom. The van der Waals surface area contributed by atoms with E-state index in [-0.39, 0.29) is 18.3 Å². The van der Waals surface area contributed by atoms with Gasteiger partial charge in [0.2, 0.25) is 0 Å². The van der Waals surface area contributed by atoms with Gasteiger partial charge in [-0.3, -0.25) is 0 Å². The number of rotatable bonds is 6. The molecule has 0 spiro atoms. The van der Waals surface area contributed by atoms with Crippen LogP contribution in [0.5, 0.6) is 0 Å². The topological polar surface area (TPSA) is 27.7 Å². The Morgan fingerprint density at radius 2 is 1.06 bits per heavy atom. The predicted octanol–water partition coefficient (Wildman–Crippen LogP) is 2.76. The van der Waals surface area contributed by atoms with E-state index in [9.17, 15) is 0 Å². The molecule has 94 valence electrons. The minimum absolute atomic E-state index is 0.0463. The highest BCUT2D eigenvalue weighted by atomic mass is 28.4. The Labute approximate surface area is 101 Å². The first kappa shape index (κ1) is 15.7. The highest BCUT2D eigenvalue weighted by molar-refractivity contribution is 6.69. The summed E-state index contributed by atoms with van der Waals surface area (Å²) in [6.45, 7) is 13.6. The van der Waals surface area contributed by atoms with Crippen LogP contribution in [0.3, 0.4) is 0 Å². The van der Waals surface area contributed by atoms with Crippen molar-refractivity contribution in [1.29, 1.82) is 0 Å². The van der Waals surface area contributed by atoms with E-state index in [0.29, 0.717) is 0 Å². The van der Waals surface area contributed by atoms with Crippen LogP contribution in [0.1, 0.15) is 48.5 Å². The molecule has 4 heteroatoms.